The largest absolute Gasteiger partial charge is 0.460 e. The first-order valence-corrected chi connectivity index (χ1v) is 10.4. The number of ether oxygens (including phenoxy) is 2. The Morgan fingerprint density at radius 2 is 1.45 bits per heavy atom. The van der Waals surface area contributed by atoms with Crippen LogP contribution in [0.3, 0.4) is 0 Å². The van der Waals surface area contributed by atoms with Crippen molar-refractivity contribution in [3.05, 3.63) is 96.1 Å². The van der Waals surface area contributed by atoms with Gasteiger partial charge in [0.15, 0.2) is 5.41 Å². The van der Waals surface area contributed by atoms with Crippen LogP contribution in [0.4, 0.5) is 0 Å². The molecule has 5 heteroatoms. The zero-order chi connectivity index (χ0) is 22.1. The number of hydrogen-bond donors (Lipinski definition) is 1. The van der Waals surface area contributed by atoms with Crippen molar-refractivity contribution in [2.75, 3.05) is 6.61 Å². The molecule has 1 unspecified atom stereocenters. The molecule has 0 radical (unpaired) electrons. The predicted octanol–water partition coefficient (Wildman–Crippen LogP) is 4.36. The van der Waals surface area contributed by atoms with E-state index >= 15 is 0 Å². The minimum atomic E-state index is -1.40. The van der Waals surface area contributed by atoms with Crippen molar-refractivity contribution in [1.29, 1.82) is 0 Å². The third-order valence-electron chi connectivity index (χ3n) is 5.60. The zero-order valence-electron chi connectivity index (χ0n) is 17.5. The van der Waals surface area contributed by atoms with E-state index in [0.29, 0.717) is 6.42 Å². The maximum absolute atomic E-state index is 13.2. The van der Waals surface area contributed by atoms with Crippen molar-refractivity contribution in [2.45, 2.75) is 32.5 Å². The summed E-state index contributed by atoms with van der Waals surface area (Å²) in [7, 11) is 0. The highest BCUT2D eigenvalue weighted by atomic mass is 16.6. The molecule has 1 aliphatic carbocycles. The molecule has 1 saturated carbocycles. The van der Waals surface area contributed by atoms with E-state index in [1.165, 1.54) is 0 Å². The first kappa shape index (κ1) is 22.5. The molecule has 0 heterocycles. The molecule has 1 fully saturated rings. The Morgan fingerprint density at radius 1 is 0.935 bits per heavy atom. The molecule has 1 aliphatic rings. The predicted molar refractivity (Wildman–Crippen MR) is 118 cm³/mol. The fourth-order valence-corrected chi connectivity index (χ4v) is 3.87. The Hall–Kier alpha value is -3.18. The van der Waals surface area contributed by atoms with Gasteiger partial charge in [-0.25, -0.2) is 0 Å². The lowest BCUT2D eigenvalue weighted by Crippen LogP contribution is -2.40. The summed E-state index contributed by atoms with van der Waals surface area (Å²) in [5.74, 6) is -1.22. The summed E-state index contributed by atoms with van der Waals surface area (Å²) in [6.07, 6.45) is 4.57. The second-order valence-electron chi connectivity index (χ2n) is 7.83. The van der Waals surface area contributed by atoms with Gasteiger partial charge in [-0.15, -0.1) is 0 Å². The Bertz CT molecular complexity index is 862. The van der Waals surface area contributed by atoms with Gasteiger partial charge in [0, 0.05) is 0 Å². The van der Waals surface area contributed by atoms with E-state index in [0.717, 1.165) is 16.7 Å². The van der Waals surface area contributed by atoms with Crippen molar-refractivity contribution in [1.82, 2.24) is 0 Å². The van der Waals surface area contributed by atoms with Crippen LogP contribution >= 0.6 is 0 Å². The molecule has 2 aromatic rings. The summed E-state index contributed by atoms with van der Waals surface area (Å²) >= 11 is 0. The molecule has 0 aromatic heterocycles. The lowest BCUT2D eigenvalue weighted by Gasteiger charge is -2.25. The van der Waals surface area contributed by atoms with Gasteiger partial charge in [0.25, 0.3) is 0 Å². The van der Waals surface area contributed by atoms with Gasteiger partial charge < -0.3 is 14.6 Å². The van der Waals surface area contributed by atoms with Gasteiger partial charge in [-0.3, -0.25) is 9.59 Å². The Kier molecular flexibility index (Phi) is 7.79. The average Bonchev–Trinajstić information content (AvgIpc) is 3.15. The van der Waals surface area contributed by atoms with Crippen LogP contribution in [-0.2, 0) is 32.3 Å². The van der Waals surface area contributed by atoms with Gasteiger partial charge in [-0.05, 0) is 36.3 Å². The molecule has 0 saturated heterocycles. The number of benzene rings is 2. The molecule has 1 N–H and O–H groups in total. The maximum Gasteiger partial charge on any atom is 0.324 e. The van der Waals surface area contributed by atoms with Crippen molar-refractivity contribution < 1.29 is 24.2 Å². The molecule has 31 heavy (non-hydrogen) atoms. The van der Waals surface area contributed by atoms with E-state index in [4.69, 9.17) is 14.6 Å². The van der Waals surface area contributed by atoms with Gasteiger partial charge in [-0.1, -0.05) is 85.0 Å². The second-order valence-corrected chi connectivity index (χ2v) is 7.83. The van der Waals surface area contributed by atoms with Crippen molar-refractivity contribution >= 4 is 11.9 Å². The van der Waals surface area contributed by atoms with Crippen molar-refractivity contribution in [2.24, 2.45) is 11.3 Å². The third-order valence-corrected chi connectivity index (χ3v) is 5.60. The van der Waals surface area contributed by atoms with Gasteiger partial charge in [0.2, 0.25) is 0 Å². The van der Waals surface area contributed by atoms with E-state index in [1.54, 1.807) is 6.08 Å². The summed E-state index contributed by atoms with van der Waals surface area (Å²) in [5, 5.41) is 8.98. The second kappa shape index (κ2) is 10.7. The van der Waals surface area contributed by atoms with E-state index in [-0.39, 0.29) is 38.6 Å². The highest BCUT2D eigenvalue weighted by Gasteiger charge is 2.55. The quantitative estimate of drug-likeness (QED) is 0.371. The van der Waals surface area contributed by atoms with Crippen LogP contribution in [-0.4, -0.2) is 23.7 Å². The van der Waals surface area contributed by atoms with Crippen LogP contribution in [0.1, 0.15) is 30.4 Å². The summed E-state index contributed by atoms with van der Waals surface area (Å²) < 4.78 is 11.1. The minimum absolute atomic E-state index is 0.0530. The molecule has 0 amide bonds. The standard InChI is InChI=1S/C26H28O5/c1-20-16-26(17-23(20)14-8-9-15-27,24(28)30-18-21-10-4-2-5-11-21)25(29)31-19-22-12-6-3-7-13-22/h2-13,23,27H,1,14-19H2/b9-8+. The number of allylic oxidation sites excluding steroid dienone is 2. The van der Waals surface area contributed by atoms with E-state index < -0.39 is 17.4 Å². The summed E-state index contributed by atoms with van der Waals surface area (Å²) in [5.41, 5.74) is 1.11. The molecule has 162 valence electrons. The molecule has 0 bridgehead atoms. The van der Waals surface area contributed by atoms with Crippen LogP contribution in [0.2, 0.25) is 0 Å². The molecule has 5 nitrogen and oxygen atoms in total. The first-order valence-electron chi connectivity index (χ1n) is 10.4. The average molecular weight is 421 g/mol. The van der Waals surface area contributed by atoms with Crippen LogP contribution in [0.25, 0.3) is 0 Å². The van der Waals surface area contributed by atoms with Gasteiger partial charge in [-0.2, -0.15) is 0 Å². The monoisotopic (exact) mass is 420 g/mol. The minimum Gasteiger partial charge on any atom is -0.460 e. The topological polar surface area (TPSA) is 72.8 Å². The lowest BCUT2D eigenvalue weighted by atomic mass is 9.84. The molecule has 1 atom stereocenters. The first-order chi connectivity index (χ1) is 15.0. The summed E-state index contributed by atoms with van der Waals surface area (Å²) in [4.78, 5) is 26.4. The van der Waals surface area contributed by atoms with E-state index in [9.17, 15) is 9.59 Å². The molecule has 3 rings (SSSR count). The summed E-state index contributed by atoms with van der Waals surface area (Å²) in [6, 6.07) is 18.7. The number of carbonyl (C=O) groups excluding carboxylic acids is 2. The highest BCUT2D eigenvalue weighted by molar-refractivity contribution is 6.01. The summed E-state index contributed by atoms with van der Waals surface area (Å²) in [6.45, 7) is 4.23. The van der Waals surface area contributed by atoms with E-state index in [1.807, 2.05) is 66.7 Å². The van der Waals surface area contributed by atoms with Gasteiger partial charge in [0.1, 0.15) is 13.2 Å². The van der Waals surface area contributed by atoms with Gasteiger partial charge >= 0.3 is 11.9 Å². The molecular formula is C26H28O5. The van der Waals surface area contributed by atoms with Crippen molar-refractivity contribution in [3.8, 4) is 0 Å². The van der Waals surface area contributed by atoms with Crippen LogP contribution < -0.4 is 0 Å². The van der Waals surface area contributed by atoms with Gasteiger partial charge in [0.05, 0.1) is 6.61 Å². The Labute approximate surface area is 183 Å². The molecular weight excluding hydrogens is 392 g/mol. The third kappa shape index (κ3) is 5.70. The molecule has 0 spiro atoms. The fourth-order valence-electron chi connectivity index (χ4n) is 3.87. The van der Waals surface area contributed by atoms with Crippen molar-refractivity contribution in [3.63, 3.8) is 0 Å². The number of hydrogen-bond acceptors (Lipinski definition) is 5. The lowest BCUT2D eigenvalue weighted by molar-refractivity contribution is -0.174. The number of rotatable bonds is 9. The normalized spacial score (nSPS) is 17.6. The maximum atomic E-state index is 13.2. The number of aliphatic hydroxyl groups excluding tert-OH is 1. The smallest absolute Gasteiger partial charge is 0.324 e. The Balaban J connectivity index is 1.75. The van der Waals surface area contributed by atoms with E-state index in [2.05, 4.69) is 6.58 Å². The Morgan fingerprint density at radius 3 is 1.94 bits per heavy atom. The highest BCUT2D eigenvalue weighted by Crippen LogP contribution is 2.48. The van der Waals surface area contributed by atoms with Crippen LogP contribution in [0.5, 0.6) is 0 Å². The zero-order valence-corrected chi connectivity index (χ0v) is 17.5. The number of aliphatic hydroxyl groups is 1. The fraction of sp³-hybridized carbons (Fsp3) is 0.308. The van der Waals surface area contributed by atoms with Crippen LogP contribution in [0.15, 0.2) is 85.0 Å². The number of esters is 2. The molecule has 0 aliphatic heterocycles. The SMILES string of the molecule is C=C1CC(C(=O)OCc2ccccc2)(C(=O)OCc2ccccc2)CC1C/C=C/CO. The van der Waals surface area contributed by atoms with Crippen LogP contribution in [0, 0.1) is 11.3 Å². The molecule has 2 aromatic carbocycles. The number of carbonyl (C=O) groups is 2.